The van der Waals surface area contributed by atoms with Crippen LogP contribution in [0.15, 0.2) is 49.0 Å². The molecule has 0 amide bonds. The van der Waals surface area contributed by atoms with Gasteiger partial charge in [0.15, 0.2) is 0 Å². The van der Waals surface area contributed by atoms with Crippen LogP contribution in [0.2, 0.25) is 0 Å². The number of hydrogen-bond acceptors (Lipinski definition) is 0. The largest absolute Gasteiger partial charge is 0.0955 e. The van der Waals surface area contributed by atoms with Gasteiger partial charge in [0.2, 0.25) is 0 Å². The summed E-state index contributed by atoms with van der Waals surface area (Å²) in [7, 11) is 0. The van der Waals surface area contributed by atoms with Gasteiger partial charge in [-0.2, -0.15) is 0 Å². The van der Waals surface area contributed by atoms with E-state index in [1.165, 1.54) is 25.8 Å². The number of benzene rings is 2. The van der Waals surface area contributed by atoms with Gasteiger partial charge in [-0.15, -0.1) is 0 Å². The third kappa shape index (κ3) is 2.78. The van der Waals surface area contributed by atoms with E-state index in [0.29, 0.717) is 0 Å². The van der Waals surface area contributed by atoms with E-state index in [0.717, 1.165) is 5.57 Å². The molecule has 0 atom stereocenters. The van der Waals surface area contributed by atoms with E-state index in [4.69, 9.17) is 0 Å². The van der Waals surface area contributed by atoms with Gasteiger partial charge in [0, 0.05) is 3.57 Å². The first-order valence-electron chi connectivity index (χ1n) is 5.60. The lowest BCUT2D eigenvalue weighted by Crippen LogP contribution is -1.88. The summed E-state index contributed by atoms with van der Waals surface area (Å²) in [6.45, 7) is 8.24. The lowest BCUT2D eigenvalue weighted by molar-refractivity contribution is 1.44. The van der Waals surface area contributed by atoms with Crippen molar-refractivity contribution in [1.82, 2.24) is 0 Å². The van der Waals surface area contributed by atoms with Gasteiger partial charge in [0.05, 0.1) is 0 Å². The van der Waals surface area contributed by atoms with Crippen molar-refractivity contribution in [3.63, 3.8) is 0 Å². The molecule has 17 heavy (non-hydrogen) atoms. The average Bonchev–Trinajstić information content (AvgIpc) is 2.29. The van der Waals surface area contributed by atoms with Crippen molar-refractivity contribution in [1.29, 1.82) is 0 Å². The van der Waals surface area contributed by atoms with Crippen LogP contribution >= 0.6 is 22.6 Å². The monoisotopic (exact) mass is 334 g/mol. The van der Waals surface area contributed by atoms with Crippen LogP contribution in [0, 0.1) is 10.5 Å². The second kappa shape index (κ2) is 5.05. The van der Waals surface area contributed by atoms with E-state index >= 15 is 0 Å². The summed E-state index contributed by atoms with van der Waals surface area (Å²) in [4.78, 5) is 0. The number of halogens is 1. The van der Waals surface area contributed by atoms with E-state index in [-0.39, 0.29) is 0 Å². The lowest BCUT2D eigenvalue weighted by atomic mass is 9.94. The summed E-state index contributed by atoms with van der Waals surface area (Å²) in [6.07, 6.45) is 0. The van der Waals surface area contributed by atoms with Crippen molar-refractivity contribution in [2.45, 2.75) is 13.8 Å². The van der Waals surface area contributed by atoms with Crippen LogP contribution in [-0.2, 0) is 0 Å². The molecule has 0 aliphatic rings. The molecule has 0 heterocycles. The first kappa shape index (κ1) is 12.4. The highest BCUT2D eigenvalue weighted by molar-refractivity contribution is 14.1. The number of hydrogen-bond donors (Lipinski definition) is 0. The van der Waals surface area contributed by atoms with Crippen molar-refractivity contribution < 1.29 is 0 Å². The SMILES string of the molecule is C=C(C)c1ccc(C)cc1-c1ccc(I)cc1. The Morgan fingerprint density at radius 1 is 1.06 bits per heavy atom. The second-order valence-electron chi connectivity index (χ2n) is 4.34. The van der Waals surface area contributed by atoms with Crippen LogP contribution in [0.5, 0.6) is 0 Å². The molecule has 2 aromatic rings. The van der Waals surface area contributed by atoms with Gasteiger partial charge in [0.25, 0.3) is 0 Å². The molecule has 2 aromatic carbocycles. The molecule has 2 rings (SSSR count). The lowest BCUT2D eigenvalue weighted by Gasteiger charge is -2.11. The highest BCUT2D eigenvalue weighted by Crippen LogP contribution is 2.29. The molecule has 0 aliphatic heterocycles. The number of rotatable bonds is 2. The summed E-state index contributed by atoms with van der Waals surface area (Å²) in [6, 6.07) is 15.1. The fourth-order valence-electron chi connectivity index (χ4n) is 1.90. The molecule has 0 fully saturated rings. The minimum Gasteiger partial charge on any atom is -0.0955 e. The van der Waals surface area contributed by atoms with Crippen LogP contribution in [0.3, 0.4) is 0 Å². The van der Waals surface area contributed by atoms with Crippen molar-refractivity contribution >= 4 is 28.2 Å². The average molecular weight is 334 g/mol. The zero-order valence-electron chi connectivity index (χ0n) is 10.1. The summed E-state index contributed by atoms with van der Waals surface area (Å²) in [5.41, 5.74) is 6.15. The van der Waals surface area contributed by atoms with Crippen molar-refractivity contribution in [2.75, 3.05) is 0 Å². The highest BCUT2D eigenvalue weighted by Gasteiger charge is 2.05. The Balaban J connectivity index is 2.60. The predicted octanol–water partition coefficient (Wildman–Crippen LogP) is 5.30. The number of allylic oxidation sites excluding steroid dienone is 1. The van der Waals surface area contributed by atoms with E-state index in [2.05, 4.69) is 85.5 Å². The minimum absolute atomic E-state index is 1.11. The molecule has 0 saturated heterocycles. The topological polar surface area (TPSA) is 0 Å². The maximum atomic E-state index is 4.06. The van der Waals surface area contributed by atoms with Crippen molar-refractivity contribution in [3.8, 4) is 11.1 Å². The molecule has 86 valence electrons. The molecule has 0 aromatic heterocycles. The minimum atomic E-state index is 1.11. The molecule has 0 radical (unpaired) electrons. The summed E-state index contributed by atoms with van der Waals surface area (Å²) < 4.78 is 1.26. The number of aryl methyl sites for hydroxylation is 1. The molecule has 0 spiro atoms. The second-order valence-corrected chi connectivity index (χ2v) is 5.58. The third-order valence-electron chi connectivity index (χ3n) is 2.79. The first-order chi connectivity index (χ1) is 8.08. The molecule has 0 saturated carbocycles. The maximum absolute atomic E-state index is 4.06. The van der Waals surface area contributed by atoms with Crippen LogP contribution in [0.25, 0.3) is 16.7 Å². The molecule has 0 nitrogen and oxygen atoms in total. The van der Waals surface area contributed by atoms with Gasteiger partial charge < -0.3 is 0 Å². The molecule has 0 unspecified atom stereocenters. The van der Waals surface area contributed by atoms with Crippen molar-refractivity contribution in [3.05, 3.63) is 63.7 Å². The third-order valence-corrected chi connectivity index (χ3v) is 3.51. The Morgan fingerprint density at radius 3 is 2.29 bits per heavy atom. The standard InChI is InChI=1S/C16H15I/c1-11(2)15-9-4-12(3)10-16(15)13-5-7-14(17)8-6-13/h4-10H,1H2,2-3H3. The van der Waals surface area contributed by atoms with E-state index in [9.17, 15) is 0 Å². The molecule has 0 aliphatic carbocycles. The fraction of sp³-hybridized carbons (Fsp3) is 0.125. The summed E-state index contributed by atoms with van der Waals surface area (Å²) >= 11 is 2.33. The van der Waals surface area contributed by atoms with Gasteiger partial charge in [-0.3, -0.25) is 0 Å². The molecular formula is C16H15I. The Morgan fingerprint density at radius 2 is 1.71 bits per heavy atom. The van der Waals surface area contributed by atoms with Gasteiger partial charge in [-0.25, -0.2) is 0 Å². The van der Waals surface area contributed by atoms with Gasteiger partial charge in [-0.1, -0.05) is 48.0 Å². The van der Waals surface area contributed by atoms with Crippen molar-refractivity contribution in [2.24, 2.45) is 0 Å². The van der Waals surface area contributed by atoms with Gasteiger partial charge >= 0.3 is 0 Å². The smallest absolute Gasteiger partial charge is 0.0130 e. The first-order valence-corrected chi connectivity index (χ1v) is 6.68. The van der Waals surface area contributed by atoms with E-state index in [1.807, 2.05) is 0 Å². The Kier molecular flexibility index (Phi) is 3.67. The zero-order chi connectivity index (χ0) is 12.4. The van der Waals surface area contributed by atoms with Gasteiger partial charge in [0.1, 0.15) is 0 Å². The quantitative estimate of drug-likeness (QED) is 0.654. The highest BCUT2D eigenvalue weighted by atomic mass is 127. The normalized spacial score (nSPS) is 10.3. The van der Waals surface area contributed by atoms with E-state index in [1.54, 1.807) is 0 Å². The van der Waals surface area contributed by atoms with Gasteiger partial charge in [-0.05, 0) is 65.3 Å². The molecule has 1 heteroatoms. The fourth-order valence-corrected chi connectivity index (χ4v) is 2.26. The van der Waals surface area contributed by atoms with Crippen LogP contribution in [0.4, 0.5) is 0 Å². The van der Waals surface area contributed by atoms with Crippen LogP contribution < -0.4 is 0 Å². The Hall–Kier alpha value is -1.09. The maximum Gasteiger partial charge on any atom is 0.0130 e. The Bertz CT molecular complexity index is 550. The molecule has 0 N–H and O–H groups in total. The zero-order valence-corrected chi connectivity index (χ0v) is 12.3. The predicted molar refractivity (Wildman–Crippen MR) is 84.0 cm³/mol. The molecule has 0 bridgehead atoms. The van der Waals surface area contributed by atoms with Crippen LogP contribution in [-0.4, -0.2) is 0 Å². The summed E-state index contributed by atoms with van der Waals surface area (Å²) in [5, 5.41) is 0. The Labute approximate surface area is 117 Å². The van der Waals surface area contributed by atoms with Crippen LogP contribution in [0.1, 0.15) is 18.1 Å². The van der Waals surface area contributed by atoms with E-state index < -0.39 is 0 Å². The molecular weight excluding hydrogens is 319 g/mol. The summed E-state index contributed by atoms with van der Waals surface area (Å²) in [5.74, 6) is 0.